The van der Waals surface area contributed by atoms with Crippen LogP contribution in [0.4, 0.5) is 15.8 Å². The molecule has 0 radical (unpaired) electrons. The van der Waals surface area contributed by atoms with Crippen LogP contribution >= 0.6 is 23.4 Å². The molecule has 0 saturated heterocycles. The number of rotatable bonds is 6. The maximum atomic E-state index is 13.1. The molecule has 0 aliphatic rings. The topological polar surface area (TPSA) is 102 Å². The lowest BCUT2D eigenvalue weighted by Crippen LogP contribution is -2.15. The van der Waals surface area contributed by atoms with Crippen LogP contribution in [0.15, 0.2) is 47.6 Å². The first-order valence-corrected chi connectivity index (χ1v) is 9.33. The van der Waals surface area contributed by atoms with Crippen LogP contribution in [0.5, 0.6) is 0 Å². The van der Waals surface area contributed by atoms with Crippen LogP contribution in [0.1, 0.15) is 6.92 Å². The van der Waals surface area contributed by atoms with Crippen LogP contribution in [-0.2, 0) is 9.59 Å². The van der Waals surface area contributed by atoms with E-state index in [1.165, 1.54) is 23.7 Å². The van der Waals surface area contributed by atoms with E-state index in [0.29, 0.717) is 22.2 Å². The van der Waals surface area contributed by atoms with E-state index in [9.17, 15) is 14.0 Å². The Labute approximate surface area is 168 Å². The van der Waals surface area contributed by atoms with Crippen LogP contribution in [0, 0.1) is 5.82 Å². The van der Waals surface area contributed by atoms with Crippen molar-refractivity contribution < 1.29 is 14.0 Å². The van der Waals surface area contributed by atoms with Gasteiger partial charge in [-0.05, 0) is 46.8 Å². The molecule has 0 saturated carbocycles. The fourth-order valence-electron chi connectivity index (χ4n) is 2.26. The molecular weight excluding hydrogens is 407 g/mol. The molecule has 0 fully saturated rings. The highest BCUT2D eigenvalue weighted by Gasteiger charge is 2.13. The van der Waals surface area contributed by atoms with E-state index >= 15 is 0 Å². The Kier molecular flexibility index (Phi) is 6.22. The Morgan fingerprint density at radius 1 is 1.21 bits per heavy atom. The van der Waals surface area contributed by atoms with E-state index in [-0.39, 0.29) is 22.6 Å². The van der Waals surface area contributed by atoms with Gasteiger partial charge in [-0.2, -0.15) is 4.68 Å². The zero-order valence-corrected chi connectivity index (χ0v) is 16.1. The smallest absolute Gasteiger partial charge is 0.234 e. The molecule has 0 bridgehead atoms. The molecule has 0 spiro atoms. The molecule has 1 aromatic heterocycles. The van der Waals surface area contributed by atoms with Gasteiger partial charge in [0.05, 0.1) is 22.2 Å². The molecule has 2 aromatic carbocycles. The number of carbonyl (C=O) groups is 2. The quantitative estimate of drug-likeness (QED) is 0.594. The van der Waals surface area contributed by atoms with Gasteiger partial charge in [0, 0.05) is 12.6 Å². The van der Waals surface area contributed by atoms with Crippen molar-refractivity contribution in [3.63, 3.8) is 0 Å². The highest BCUT2D eigenvalue weighted by molar-refractivity contribution is 7.99. The van der Waals surface area contributed by atoms with Crippen molar-refractivity contribution in [2.45, 2.75) is 12.1 Å². The maximum absolute atomic E-state index is 13.1. The molecular formula is C17H14ClFN6O2S. The maximum Gasteiger partial charge on any atom is 0.234 e. The van der Waals surface area contributed by atoms with Crippen LogP contribution in [0.2, 0.25) is 5.02 Å². The normalized spacial score (nSPS) is 10.5. The third-order valence-corrected chi connectivity index (χ3v) is 4.62. The number of aromatic nitrogens is 4. The lowest BCUT2D eigenvalue weighted by Gasteiger charge is -2.08. The molecule has 3 aromatic rings. The van der Waals surface area contributed by atoms with E-state index in [2.05, 4.69) is 26.2 Å². The number of tetrazole rings is 1. The first-order chi connectivity index (χ1) is 13.4. The summed E-state index contributed by atoms with van der Waals surface area (Å²) in [5.74, 6) is -1.02. The zero-order valence-electron chi connectivity index (χ0n) is 14.5. The molecule has 0 atom stereocenters. The molecule has 28 heavy (non-hydrogen) atoms. The fraction of sp³-hybridized carbons (Fsp3) is 0.118. The van der Waals surface area contributed by atoms with Crippen LogP contribution in [0.25, 0.3) is 5.69 Å². The molecule has 1 heterocycles. The van der Waals surface area contributed by atoms with Crippen molar-refractivity contribution in [3.05, 3.63) is 53.3 Å². The zero-order chi connectivity index (χ0) is 20.1. The predicted octanol–water partition coefficient (Wildman–Crippen LogP) is 3.14. The second-order valence-corrected chi connectivity index (χ2v) is 6.92. The third kappa shape index (κ3) is 5.05. The molecule has 0 unspecified atom stereocenters. The Bertz CT molecular complexity index is 1030. The second kappa shape index (κ2) is 8.81. The predicted molar refractivity (Wildman–Crippen MR) is 104 cm³/mol. The Hall–Kier alpha value is -2.98. The summed E-state index contributed by atoms with van der Waals surface area (Å²) in [6.45, 7) is 1.41. The van der Waals surface area contributed by atoms with Gasteiger partial charge in [0.25, 0.3) is 0 Å². The summed E-state index contributed by atoms with van der Waals surface area (Å²) in [4.78, 5) is 23.4. The molecule has 144 valence electrons. The van der Waals surface area contributed by atoms with Gasteiger partial charge in [-0.1, -0.05) is 29.4 Å². The standard InChI is InChI=1S/C17H14ClFN6O2S/c1-10(26)20-12-3-2-4-13(8-12)25-17(22-23-24-25)28-9-16(27)21-15-6-5-11(19)7-14(15)18/h2-8H,9H2,1H3,(H,20,26)(H,21,27). The van der Waals surface area contributed by atoms with Gasteiger partial charge in [-0.3, -0.25) is 9.59 Å². The van der Waals surface area contributed by atoms with Crippen LogP contribution in [0.3, 0.4) is 0 Å². The molecule has 0 aliphatic heterocycles. The first kappa shape index (κ1) is 19.8. The van der Waals surface area contributed by atoms with E-state index in [1.54, 1.807) is 24.3 Å². The second-order valence-electron chi connectivity index (χ2n) is 5.57. The molecule has 11 heteroatoms. The fourth-order valence-corrected chi connectivity index (χ4v) is 3.16. The summed E-state index contributed by atoms with van der Waals surface area (Å²) in [5.41, 5.74) is 1.54. The largest absolute Gasteiger partial charge is 0.326 e. The number of halogens is 2. The third-order valence-electron chi connectivity index (χ3n) is 3.39. The van der Waals surface area contributed by atoms with Gasteiger partial charge in [0.15, 0.2) is 0 Å². The highest BCUT2D eigenvalue weighted by Crippen LogP contribution is 2.24. The SMILES string of the molecule is CC(=O)Nc1cccc(-n2nnnc2SCC(=O)Nc2ccc(F)cc2Cl)c1. The van der Waals surface area contributed by atoms with Crippen molar-refractivity contribution in [1.29, 1.82) is 0 Å². The Morgan fingerprint density at radius 2 is 2.04 bits per heavy atom. The summed E-state index contributed by atoms with van der Waals surface area (Å²) in [6.07, 6.45) is 0. The summed E-state index contributed by atoms with van der Waals surface area (Å²) in [6, 6.07) is 10.7. The summed E-state index contributed by atoms with van der Waals surface area (Å²) in [7, 11) is 0. The van der Waals surface area contributed by atoms with Crippen molar-refractivity contribution in [3.8, 4) is 5.69 Å². The number of anilines is 2. The number of amides is 2. The number of thioether (sulfide) groups is 1. The molecule has 3 rings (SSSR count). The van der Waals surface area contributed by atoms with Crippen molar-refractivity contribution in [2.24, 2.45) is 0 Å². The lowest BCUT2D eigenvalue weighted by molar-refractivity contribution is -0.114. The number of hydrogen-bond acceptors (Lipinski definition) is 6. The monoisotopic (exact) mass is 420 g/mol. The minimum absolute atomic E-state index is 0.0134. The Balaban J connectivity index is 1.67. The van der Waals surface area contributed by atoms with Gasteiger partial charge in [0.2, 0.25) is 17.0 Å². The van der Waals surface area contributed by atoms with E-state index in [4.69, 9.17) is 11.6 Å². The van der Waals surface area contributed by atoms with Crippen LogP contribution in [-0.4, -0.2) is 37.8 Å². The molecule has 2 amide bonds. The van der Waals surface area contributed by atoms with Gasteiger partial charge in [-0.25, -0.2) is 4.39 Å². The number of hydrogen-bond donors (Lipinski definition) is 2. The summed E-state index contributed by atoms with van der Waals surface area (Å²) < 4.78 is 14.5. The minimum atomic E-state index is -0.488. The van der Waals surface area contributed by atoms with Crippen molar-refractivity contribution in [2.75, 3.05) is 16.4 Å². The van der Waals surface area contributed by atoms with Gasteiger partial charge >= 0.3 is 0 Å². The van der Waals surface area contributed by atoms with Crippen molar-refractivity contribution in [1.82, 2.24) is 20.2 Å². The number of nitrogens with zero attached hydrogens (tertiary/aromatic N) is 4. The summed E-state index contributed by atoms with van der Waals surface area (Å²) in [5, 5.41) is 17.3. The van der Waals surface area contributed by atoms with E-state index in [0.717, 1.165) is 17.8 Å². The molecule has 0 aliphatic carbocycles. The average molecular weight is 421 g/mol. The molecule has 8 nitrogen and oxygen atoms in total. The average Bonchev–Trinajstić information content (AvgIpc) is 3.11. The number of carbonyl (C=O) groups excluding carboxylic acids is 2. The van der Waals surface area contributed by atoms with E-state index < -0.39 is 5.82 Å². The Morgan fingerprint density at radius 3 is 2.79 bits per heavy atom. The van der Waals surface area contributed by atoms with Crippen LogP contribution < -0.4 is 10.6 Å². The minimum Gasteiger partial charge on any atom is -0.326 e. The molecule has 2 N–H and O–H groups in total. The van der Waals surface area contributed by atoms with Gasteiger partial charge < -0.3 is 10.6 Å². The van der Waals surface area contributed by atoms with Gasteiger partial charge in [0.1, 0.15) is 5.82 Å². The highest BCUT2D eigenvalue weighted by atomic mass is 35.5. The summed E-state index contributed by atoms with van der Waals surface area (Å²) >= 11 is 7.02. The lowest BCUT2D eigenvalue weighted by atomic mass is 10.3. The van der Waals surface area contributed by atoms with Crippen molar-refractivity contribution >= 4 is 46.6 Å². The number of benzene rings is 2. The van der Waals surface area contributed by atoms with E-state index in [1.807, 2.05) is 0 Å². The number of nitrogens with one attached hydrogen (secondary N) is 2. The van der Waals surface area contributed by atoms with Gasteiger partial charge in [-0.15, -0.1) is 5.10 Å². The first-order valence-electron chi connectivity index (χ1n) is 7.96.